The van der Waals surface area contributed by atoms with Crippen molar-refractivity contribution in [2.45, 2.75) is 124 Å². The number of hydrogen-bond acceptors (Lipinski definition) is 2. The van der Waals surface area contributed by atoms with Gasteiger partial charge in [-0.2, -0.15) is 0 Å². The highest BCUT2D eigenvalue weighted by molar-refractivity contribution is 5.21. The molecule has 9 atom stereocenters. The third-order valence-corrected chi connectivity index (χ3v) is 14.4. The normalized spacial score (nSPS) is 57.3. The van der Waals surface area contributed by atoms with Crippen molar-refractivity contribution < 1.29 is 4.74 Å². The van der Waals surface area contributed by atoms with Gasteiger partial charge in [0.1, 0.15) is 0 Å². The predicted octanol–water partition coefficient (Wildman–Crippen LogP) is 7.56. The van der Waals surface area contributed by atoms with Gasteiger partial charge >= 0.3 is 0 Å². The SMILES string of the molecule is CN1CCC[C@]2(C)[C@H]3CC[C@@H]4[C@@H]5[C@H]6OC[C@@]5(CCC6(C)C)CC[C@@]4(C)[C@]3(C)CC[C@H]2C1(C)C. The topological polar surface area (TPSA) is 12.5 Å². The Morgan fingerprint density at radius 1 is 0.727 bits per heavy atom. The van der Waals surface area contributed by atoms with Gasteiger partial charge < -0.3 is 9.64 Å². The maximum Gasteiger partial charge on any atom is 0.0663 e. The van der Waals surface area contributed by atoms with E-state index in [4.69, 9.17) is 4.74 Å². The van der Waals surface area contributed by atoms with Crippen molar-refractivity contribution in [3.05, 3.63) is 0 Å². The Morgan fingerprint density at radius 3 is 2.21 bits per heavy atom. The van der Waals surface area contributed by atoms with Gasteiger partial charge in [0.2, 0.25) is 0 Å². The van der Waals surface area contributed by atoms with Crippen LogP contribution in [-0.2, 0) is 4.74 Å². The Balaban J connectivity index is 1.40. The molecule has 188 valence electrons. The van der Waals surface area contributed by atoms with E-state index in [1.54, 1.807) is 0 Å². The molecule has 2 nitrogen and oxygen atoms in total. The van der Waals surface area contributed by atoms with Crippen LogP contribution in [0, 0.1) is 50.7 Å². The minimum atomic E-state index is 0.321. The lowest BCUT2D eigenvalue weighted by molar-refractivity contribution is -0.233. The summed E-state index contributed by atoms with van der Waals surface area (Å²) in [6.45, 7) is 20.9. The average Bonchev–Trinajstić information content (AvgIpc) is 3.03. The molecule has 2 bridgehead atoms. The summed E-state index contributed by atoms with van der Waals surface area (Å²) in [5, 5.41) is 0. The highest BCUT2D eigenvalue weighted by Crippen LogP contribution is 2.77. The fourth-order valence-corrected chi connectivity index (χ4v) is 12.1. The smallest absolute Gasteiger partial charge is 0.0663 e. The zero-order valence-electron chi connectivity index (χ0n) is 23.2. The van der Waals surface area contributed by atoms with Crippen LogP contribution in [0.25, 0.3) is 0 Å². The van der Waals surface area contributed by atoms with Crippen molar-refractivity contribution in [2.75, 3.05) is 20.2 Å². The molecule has 6 aliphatic rings. The fourth-order valence-electron chi connectivity index (χ4n) is 12.1. The Morgan fingerprint density at radius 2 is 1.45 bits per heavy atom. The molecule has 4 aliphatic carbocycles. The molecular formula is C31H53NO. The first kappa shape index (κ1) is 23.3. The molecule has 0 aromatic heterocycles. The lowest BCUT2D eigenvalue weighted by Crippen LogP contribution is -2.67. The van der Waals surface area contributed by atoms with Crippen molar-refractivity contribution in [3.63, 3.8) is 0 Å². The molecule has 0 spiro atoms. The number of ether oxygens (including phenoxy) is 1. The second-order valence-electron chi connectivity index (χ2n) is 16.0. The summed E-state index contributed by atoms with van der Waals surface area (Å²) in [5.74, 6) is 3.42. The first-order chi connectivity index (χ1) is 15.3. The summed E-state index contributed by atoms with van der Waals surface area (Å²) >= 11 is 0. The van der Waals surface area contributed by atoms with E-state index in [0.29, 0.717) is 38.7 Å². The highest BCUT2D eigenvalue weighted by Gasteiger charge is 2.72. The van der Waals surface area contributed by atoms with Crippen LogP contribution in [0.5, 0.6) is 0 Å². The van der Waals surface area contributed by atoms with Gasteiger partial charge in [-0.15, -0.1) is 0 Å². The van der Waals surface area contributed by atoms with Crippen molar-refractivity contribution in [1.29, 1.82) is 0 Å². The largest absolute Gasteiger partial charge is 0.377 e. The maximum absolute atomic E-state index is 6.75. The minimum absolute atomic E-state index is 0.321. The van der Waals surface area contributed by atoms with Crippen LogP contribution >= 0.6 is 0 Å². The maximum atomic E-state index is 6.75. The molecule has 33 heavy (non-hydrogen) atoms. The van der Waals surface area contributed by atoms with Crippen molar-refractivity contribution in [3.8, 4) is 0 Å². The van der Waals surface area contributed by atoms with Crippen LogP contribution < -0.4 is 0 Å². The van der Waals surface area contributed by atoms with Crippen LogP contribution in [0.1, 0.15) is 113 Å². The van der Waals surface area contributed by atoms with E-state index < -0.39 is 0 Å². The average molecular weight is 456 g/mol. The first-order valence-electron chi connectivity index (χ1n) is 14.6. The summed E-state index contributed by atoms with van der Waals surface area (Å²) in [6.07, 6.45) is 14.9. The molecule has 6 fully saturated rings. The molecule has 0 N–H and O–H groups in total. The molecule has 2 aliphatic heterocycles. The van der Waals surface area contributed by atoms with Crippen LogP contribution in [0.15, 0.2) is 0 Å². The summed E-state index contributed by atoms with van der Waals surface area (Å²) in [5.41, 5.74) is 2.66. The van der Waals surface area contributed by atoms with E-state index in [9.17, 15) is 0 Å². The Bertz CT molecular complexity index is 818. The summed E-state index contributed by atoms with van der Waals surface area (Å²) in [4.78, 5) is 2.71. The molecule has 2 heterocycles. The standard InChI is InChI=1S/C31H53NO/c1-26(2)15-17-31-18-16-29(6)21(24(31)25(26)33-20-31)10-11-23-28(5)13-9-19-32(8)27(3,4)22(28)12-14-30(23,29)7/h21-25H,9-20H2,1-8H3/t21-,22+,23-,24-,25-,28+,29-,30-,31-/m1/s1. The zero-order chi connectivity index (χ0) is 23.7. The number of rotatable bonds is 0. The lowest BCUT2D eigenvalue weighted by Gasteiger charge is -2.72. The van der Waals surface area contributed by atoms with Gasteiger partial charge in [-0.05, 0) is 142 Å². The van der Waals surface area contributed by atoms with E-state index >= 15 is 0 Å². The van der Waals surface area contributed by atoms with Gasteiger partial charge in [-0.25, -0.2) is 0 Å². The molecular weight excluding hydrogens is 402 g/mol. The Labute approximate surface area is 205 Å². The molecule has 0 radical (unpaired) electrons. The molecule has 0 aromatic carbocycles. The van der Waals surface area contributed by atoms with Crippen molar-refractivity contribution in [2.24, 2.45) is 50.7 Å². The quantitative estimate of drug-likeness (QED) is 0.373. The second-order valence-corrected chi connectivity index (χ2v) is 16.0. The number of nitrogens with zero attached hydrogens (tertiary/aromatic N) is 1. The van der Waals surface area contributed by atoms with Gasteiger partial charge in [0, 0.05) is 5.54 Å². The molecule has 0 unspecified atom stereocenters. The second kappa shape index (κ2) is 6.81. The number of hydrogen-bond donors (Lipinski definition) is 0. The minimum Gasteiger partial charge on any atom is -0.377 e. The Kier molecular flexibility index (Phi) is 4.82. The predicted molar refractivity (Wildman–Crippen MR) is 137 cm³/mol. The van der Waals surface area contributed by atoms with E-state index in [1.165, 1.54) is 70.8 Å². The third-order valence-electron chi connectivity index (χ3n) is 14.4. The lowest BCUT2D eigenvalue weighted by atomic mass is 9.32. The van der Waals surface area contributed by atoms with Gasteiger partial charge in [-0.3, -0.25) is 0 Å². The van der Waals surface area contributed by atoms with E-state index in [-0.39, 0.29) is 0 Å². The van der Waals surface area contributed by atoms with Gasteiger partial charge in [0.05, 0.1) is 12.7 Å². The van der Waals surface area contributed by atoms with Gasteiger partial charge in [0.25, 0.3) is 0 Å². The summed E-state index contributed by atoms with van der Waals surface area (Å²) in [7, 11) is 2.40. The Hall–Kier alpha value is -0.0800. The number of fused-ring (bicyclic) bond motifs is 5. The van der Waals surface area contributed by atoms with E-state index in [1.807, 2.05) is 0 Å². The molecule has 2 heteroatoms. The number of likely N-dealkylation sites (tertiary alicyclic amines) is 1. The van der Waals surface area contributed by atoms with E-state index in [0.717, 1.165) is 30.3 Å². The van der Waals surface area contributed by atoms with Crippen molar-refractivity contribution in [1.82, 2.24) is 4.90 Å². The van der Waals surface area contributed by atoms with Crippen LogP contribution in [0.3, 0.4) is 0 Å². The summed E-state index contributed by atoms with van der Waals surface area (Å²) < 4.78 is 6.75. The van der Waals surface area contributed by atoms with Gasteiger partial charge in [-0.1, -0.05) is 34.6 Å². The third kappa shape index (κ3) is 2.70. The molecule has 0 amide bonds. The summed E-state index contributed by atoms with van der Waals surface area (Å²) in [6, 6.07) is 0. The van der Waals surface area contributed by atoms with E-state index in [2.05, 4.69) is 60.4 Å². The molecule has 6 rings (SSSR count). The van der Waals surface area contributed by atoms with Crippen molar-refractivity contribution >= 4 is 0 Å². The zero-order valence-corrected chi connectivity index (χ0v) is 23.2. The van der Waals surface area contributed by atoms with Crippen LogP contribution in [0.4, 0.5) is 0 Å². The molecule has 0 aromatic rings. The highest BCUT2D eigenvalue weighted by atomic mass is 16.5. The monoisotopic (exact) mass is 455 g/mol. The van der Waals surface area contributed by atoms with Crippen LogP contribution in [0.2, 0.25) is 0 Å². The fraction of sp³-hybridized carbons (Fsp3) is 1.00. The first-order valence-corrected chi connectivity index (χ1v) is 14.6. The molecule has 2 saturated heterocycles. The molecule has 4 saturated carbocycles. The van der Waals surface area contributed by atoms with Gasteiger partial charge in [0.15, 0.2) is 0 Å². The van der Waals surface area contributed by atoms with Crippen LogP contribution in [-0.4, -0.2) is 36.7 Å².